The maximum atomic E-state index is 10.9. The van der Waals surface area contributed by atoms with Crippen molar-refractivity contribution in [3.8, 4) is 11.4 Å². The van der Waals surface area contributed by atoms with Gasteiger partial charge in [-0.15, -0.1) is 0 Å². The predicted octanol–water partition coefficient (Wildman–Crippen LogP) is 1.68. The van der Waals surface area contributed by atoms with Gasteiger partial charge in [0.05, 0.1) is 10.5 Å². The van der Waals surface area contributed by atoms with Gasteiger partial charge in [0.15, 0.2) is 5.82 Å². The summed E-state index contributed by atoms with van der Waals surface area (Å²) in [6.45, 7) is 0.550. The van der Waals surface area contributed by atoms with Crippen LogP contribution in [0.25, 0.3) is 11.4 Å². The van der Waals surface area contributed by atoms with E-state index in [-0.39, 0.29) is 10.5 Å². The first-order chi connectivity index (χ1) is 13.3. The van der Waals surface area contributed by atoms with Crippen molar-refractivity contribution in [2.24, 2.45) is 10.9 Å². The van der Waals surface area contributed by atoms with E-state index in [1.165, 1.54) is 24.5 Å². The highest BCUT2D eigenvalue weighted by Gasteiger charge is 2.06. The van der Waals surface area contributed by atoms with Gasteiger partial charge in [-0.3, -0.25) is 0 Å². The average molecular weight is 400 g/mol. The lowest BCUT2D eigenvalue weighted by atomic mass is 10.2. The molecule has 0 spiro atoms. The van der Waals surface area contributed by atoms with Crippen molar-refractivity contribution in [2.45, 2.75) is 11.3 Å². The van der Waals surface area contributed by atoms with Crippen molar-refractivity contribution < 1.29 is 18.3 Å². The maximum Gasteiger partial charge on any atom is 0.338 e. The Morgan fingerprint density at radius 3 is 2.00 bits per heavy atom. The van der Waals surface area contributed by atoms with E-state index in [0.29, 0.717) is 12.4 Å². The molecule has 3 aromatic rings. The smallest absolute Gasteiger partial charge is 0.338 e. The summed E-state index contributed by atoms with van der Waals surface area (Å²) in [6.07, 6.45) is 3.35. The van der Waals surface area contributed by atoms with Gasteiger partial charge < -0.3 is 10.8 Å². The molecule has 0 fully saturated rings. The van der Waals surface area contributed by atoms with Crippen molar-refractivity contribution in [2.75, 3.05) is 6.54 Å². The summed E-state index contributed by atoms with van der Waals surface area (Å²) < 4.78 is 21.7. The number of primary sulfonamides is 1. The first-order valence-electron chi connectivity index (χ1n) is 8.24. The summed E-state index contributed by atoms with van der Waals surface area (Å²) in [5, 5.41) is 13.6. The highest BCUT2D eigenvalue weighted by molar-refractivity contribution is 7.89. The van der Waals surface area contributed by atoms with Gasteiger partial charge in [-0.2, -0.15) is 0 Å². The fourth-order valence-corrected chi connectivity index (χ4v) is 2.70. The molecule has 28 heavy (non-hydrogen) atoms. The van der Waals surface area contributed by atoms with Crippen LogP contribution in [0, 0.1) is 0 Å². The number of carboxylic acids is 1. The normalized spacial score (nSPS) is 10.6. The minimum absolute atomic E-state index is 0.0923. The molecule has 0 amide bonds. The largest absolute Gasteiger partial charge is 0.478 e. The molecule has 0 saturated carbocycles. The zero-order valence-electron chi connectivity index (χ0n) is 14.9. The number of carboxylic acid groups (broad SMARTS) is 1. The summed E-state index contributed by atoms with van der Waals surface area (Å²) in [4.78, 5) is 18.7. The summed E-state index contributed by atoms with van der Waals surface area (Å²) in [5.74, 6) is -0.491. The second-order valence-corrected chi connectivity index (χ2v) is 7.26. The van der Waals surface area contributed by atoms with Gasteiger partial charge >= 0.3 is 5.97 Å². The molecule has 146 valence electrons. The van der Waals surface area contributed by atoms with Crippen LogP contribution in [-0.4, -0.2) is 36.0 Å². The minimum atomic E-state index is -3.57. The fraction of sp³-hybridized carbons (Fsp3) is 0.105. The third kappa shape index (κ3) is 6.23. The number of nitrogens with zero attached hydrogens (tertiary/aromatic N) is 2. The van der Waals surface area contributed by atoms with E-state index in [2.05, 4.69) is 9.97 Å². The number of carbonyl (C=O) groups is 1. The molecule has 0 aliphatic carbocycles. The van der Waals surface area contributed by atoms with Crippen molar-refractivity contribution in [1.82, 2.24) is 9.97 Å². The van der Waals surface area contributed by atoms with Gasteiger partial charge in [0.25, 0.3) is 0 Å². The SMILES string of the molecule is NCCc1ccc(S(N)(=O)=O)cc1.O=C(O)c1cnc(-c2ccccc2)nc1. The van der Waals surface area contributed by atoms with Gasteiger partial charge in [0.1, 0.15) is 0 Å². The topological polar surface area (TPSA) is 149 Å². The molecule has 0 bridgehead atoms. The van der Waals surface area contributed by atoms with Gasteiger partial charge in [-0.25, -0.2) is 28.3 Å². The number of hydrogen-bond acceptors (Lipinski definition) is 6. The lowest BCUT2D eigenvalue weighted by molar-refractivity contribution is 0.0696. The van der Waals surface area contributed by atoms with Gasteiger partial charge in [-0.1, -0.05) is 42.5 Å². The summed E-state index contributed by atoms with van der Waals surface area (Å²) in [5.41, 5.74) is 7.31. The Hall–Kier alpha value is -3.14. The Bertz CT molecular complexity index is 1010. The van der Waals surface area contributed by atoms with Crippen LogP contribution in [0.2, 0.25) is 0 Å². The molecule has 0 atom stereocenters. The van der Waals surface area contributed by atoms with Crippen LogP contribution in [-0.2, 0) is 16.4 Å². The van der Waals surface area contributed by atoms with Crippen molar-refractivity contribution in [3.63, 3.8) is 0 Å². The van der Waals surface area contributed by atoms with Crippen LogP contribution in [0.15, 0.2) is 71.9 Å². The number of hydrogen-bond donors (Lipinski definition) is 3. The van der Waals surface area contributed by atoms with Gasteiger partial charge in [0, 0.05) is 18.0 Å². The molecule has 0 aliphatic heterocycles. The van der Waals surface area contributed by atoms with Crippen molar-refractivity contribution >= 4 is 16.0 Å². The third-order valence-corrected chi connectivity index (χ3v) is 4.54. The van der Waals surface area contributed by atoms with Gasteiger partial charge in [-0.05, 0) is 30.7 Å². The lowest BCUT2D eigenvalue weighted by Crippen LogP contribution is -2.12. The number of rotatable bonds is 5. The Morgan fingerprint density at radius 2 is 1.54 bits per heavy atom. The van der Waals surface area contributed by atoms with Gasteiger partial charge in [0.2, 0.25) is 10.0 Å². The molecule has 2 aromatic carbocycles. The molecule has 0 unspecified atom stereocenters. The first-order valence-corrected chi connectivity index (χ1v) is 9.78. The molecule has 1 heterocycles. The van der Waals surface area contributed by atoms with Crippen LogP contribution < -0.4 is 10.9 Å². The minimum Gasteiger partial charge on any atom is -0.478 e. The molecular weight excluding hydrogens is 380 g/mol. The number of sulfonamides is 1. The van der Waals surface area contributed by atoms with E-state index in [0.717, 1.165) is 17.5 Å². The molecule has 8 nitrogen and oxygen atoms in total. The lowest BCUT2D eigenvalue weighted by Gasteiger charge is -2.00. The van der Waals surface area contributed by atoms with Crippen LogP contribution >= 0.6 is 0 Å². The van der Waals surface area contributed by atoms with E-state index in [9.17, 15) is 13.2 Å². The summed E-state index contributed by atoms with van der Waals surface area (Å²) >= 11 is 0. The number of benzene rings is 2. The van der Waals surface area contributed by atoms with E-state index in [4.69, 9.17) is 16.0 Å². The molecule has 0 saturated heterocycles. The number of nitrogens with two attached hydrogens (primary N) is 2. The van der Waals surface area contributed by atoms with Crippen LogP contribution in [0.5, 0.6) is 0 Å². The highest BCUT2D eigenvalue weighted by atomic mass is 32.2. The number of aromatic nitrogens is 2. The van der Waals surface area contributed by atoms with Crippen LogP contribution in [0.3, 0.4) is 0 Å². The molecular formula is C19H20N4O4S. The number of aromatic carboxylic acids is 1. The fourth-order valence-electron chi connectivity index (χ4n) is 2.19. The first kappa shape index (κ1) is 21.2. The Balaban J connectivity index is 0.000000203. The van der Waals surface area contributed by atoms with Crippen molar-refractivity contribution in [1.29, 1.82) is 0 Å². The van der Waals surface area contributed by atoms with Crippen LogP contribution in [0.4, 0.5) is 0 Å². The van der Waals surface area contributed by atoms with E-state index in [1.54, 1.807) is 12.1 Å². The molecule has 0 aliphatic rings. The predicted molar refractivity (Wildman–Crippen MR) is 105 cm³/mol. The Labute approximate surface area is 162 Å². The van der Waals surface area contributed by atoms with Crippen LogP contribution in [0.1, 0.15) is 15.9 Å². The molecule has 5 N–H and O–H groups in total. The quantitative estimate of drug-likeness (QED) is 0.589. The zero-order chi connectivity index (χ0) is 20.6. The molecule has 0 radical (unpaired) electrons. The second-order valence-electron chi connectivity index (χ2n) is 5.69. The molecule has 9 heteroatoms. The van der Waals surface area contributed by atoms with E-state index >= 15 is 0 Å². The zero-order valence-corrected chi connectivity index (χ0v) is 15.7. The third-order valence-electron chi connectivity index (χ3n) is 3.62. The van der Waals surface area contributed by atoms with Crippen molar-refractivity contribution in [3.05, 3.63) is 78.1 Å². The summed E-state index contributed by atoms with van der Waals surface area (Å²) in [7, 11) is -3.57. The summed E-state index contributed by atoms with van der Waals surface area (Å²) in [6, 6.07) is 15.8. The second kappa shape index (κ2) is 9.70. The maximum absolute atomic E-state index is 10.9. The Kier molecular flexibility index (Phi) is 7.33. The van der Waals surface area contributed by atoms with E-state index < -0.39 is 16.0 Å². The monoisotopic (exact) mass is 400 g/mol. The van der Waals surface area contributed by atoms with E-state index in [1.807, 2.05) is 30.3 Å². The average Bonchev–Trinajstić information content (AvgIpc) is 2.69. The standard InChI is InChI=1S/C11H8N2O2.C8H12N2O2S/c14-11(15)9-6-12-10(13-7-9)8-4-2-1-3-5-8;9-6-5-7-1-3-8(4-2-7)13(10,11)12/h1-7H,(H,14,15);1-4H,5-6,9H2,(H2,10,11,12). The Morgan fingerprint density at radius 1 is 0.964 bits per heavy atom. The highest BCUT2D eigenvalue weighted by Crippen LogP contribution is 2.13. The molecule has 3 rings (SSSR count). The molecule has 1 aromatic heterocycles.